The molecule has 1 aliphatic rings. The molecule has 1 aliphatic carbocycles. The molecule has 3 N–H and O–H groups in total. The predicted octanol–water partition coefficient (Wildman–Crippen LogP) is 1.78. The Kier molecular flexibility index (Phi) is 4.53. The highest BCUT2D eigenvalue weighted by atomic mass is 32.2. The van der Waals surface area contributed by atoms with Gasteiger partial charge in [-0.3, -0.25) is 0 Å². The van der Waals surface area contributed by atoms with Gasteiger partial charge in [0.25, 0.3) is 0 Å². The number of hydrogen-bond donors (Lipinski definition) is 2. The highest BCUT2D eigenvalue weighted by Gasteiger charge is 2.31. The minimum absolute atomic E-state index is 0.189. The van der Waals surface area contributed by atoms with Crippen molar-refractivity contribution in [2.45, 2.75) is 31.1 Å². The lowest BCUT2D eigenvalue weighted by molar-refractivity contribution is 0.0692. The standard InChI is InChI=1S/C14H20N2O4S/c1-2-16(9-10-4-3-5-10)21(19,20)13-7-6-11(15)8-12(13)14(17)18/h6-8,10H,2-5,9,15H2,1H3,(H,17,18). The molecule has 0 amide bonds. The molecule has 116 valence electrons. The first-order valence-corrected chi connectivity index (χ1v) is 8.43. The SMILES string of the molecule is CCN(CC1CCC1)S(=O)(=O)c1ccc(N)cc1C(=O)O. The van der Waals surface area contributed by atoms with Gasteiger partial charge in [0.1, 0.15) is 0 Å². The first kappa shape index (κ1) is 15.8. The van der Waals surface area contributed by atoms with Crippen LogP contribution in [0.2, 0.25) is 0 Å². The number of carboxylic acid groups (broad SMARTS) is 1. The number of carbonyl (C=O) groups is 1. The summed E-state index contributed by atoms with van der Waals surface area (Å²) in [6.07, 6.45) is 3.18. The van der Waals surface area contributed by atoms with Crippen LogP contribution >= 0.6 is 0 Å². The molecule has 0 heterocycles. The molecule has 0 unspecified atom stereocenters. The summed E-state index contributed by atoms with van der Waals surface area (Å²) in [5, 5.41) is 9.21. The second-order valence-electron chi connectivity index (χ2n) is 5.31. The molecule has 0 radical (unpaired) electrons. The second kappa shape index (κ2) is 6.03. The fourth-order valence-electron chi connectivity index (χ4n) is 2.44. The van der Waals surface area contributed by atoms with Crippen molar-refractivity contribution >= 4 is 21.7 Å². The normalized spacial score (nSPS) is 15.9. The molecular weight excluding hydrogens is 292 g/mol. The van der Waals surface area contributed by atoms with Gasteiger partial charge in [0.2, 0.25) is 10.0 Å². The number of hydrogen-bond acceptors (Lipinski definition) is 4. The smallest absolute Gasteiger partial charge is 0.337 e. The fourth-order valence-corrected chi connectivity index (χ4v) is 4.13. The number of sulfonamides is 1. The fraction of sp³-hybridized carbons (Fsp3) is 0.500. The number of nitrogens with zero attached hydrogens (tertiary/aromatic N) is 1. The first-order chi connectivity index (χ1) is 9.86. The van der Waals surface area contributed by atoms with Crippen molar-refractivity contribution in [3.63, 3.8) is 0 Å². The predicted molar refractivity (Wildman–Crippen MR) is 79.6 cm³/mol. The van der Waals surface area contributed by atoms with E-state index in [1.807, 2.05) is 0 Å². The molecule has 0 aliphatic heterocycles. The monoisotopic (exact) mass is 312 g/mol. The Bertz CT molecular complexity index is 638. The van der Waals surface area contributed by atoms with Crippen LogP contribution in [-0.4, -0.2) is 36.9 Å². The highest BCUT2D eigenvalue weighted by Crippen LogP contribution is 2.30. The van der Waals surface area contributed by atoms with Crippen molar-refractivity contribution in [2.75, 3.05) is 18.8 Å². The largest absolute Gasteiger partial charge is 0.478 e. The summed E-state index contributed by atoms with van der Waals surface area (Å²) in [5.74, 6) is -0.914. The molecule has 0 atom stereocenters. The van der Waals surface area contributed by atoms with Gasteiger partial charge < -0.3 is 10.8 Å². The molecule has 7 heteroatoms. The van der Waals surface area contributed by atoms with Crippen molar-refractivity contribution in [3.8, 4) is 0 Å². The van der Waals surface area contributed by atoms with Crippen molar-refractivity contribution in [1.29, 1.82) is 0 Å². The summed E-state index contributed by atoms with van der Waals surface area (Å²) in [6.45, 7) is 2.53. The summed E-state index contributed by atoms with van der Waals surface area (Å²) in [5.41, 5.74) is 5.51. The third-order valence-electron chi connectivity index (χ3n) is 3.89. The van der Waals surface area contributed by atoms with Crippen LogP contribution in [0.4, 0.5) is 5.69 Å². The second-order valence-corrected chi connectivity index (χ2v) is 7.22. The zero-order valence-corrected chi connectivity index (χ0v) is 12.8. The molecule has 0 bridgehead atoms. The lowest BCUT2D eigenvalue weighted by atomic mass is 9.85. The lowest BCUT2D eigenvalue weighted by Crippen LogP contribution is -2.37. The Morgan fingerprint density at radius 2 is 2.10 bits per heavy atom. The topological polar surface area (TPSA) is 101 Å². The molecule has 1 fully saturated rings. The zero-order chi connectivity index (χ0) is 15.6. The maximum Gasteiger partial charge on any atom is 0.337 e. The van der Waals surface area contributed by atoms with Gasteiger partial charge in [-0.2, -0.15) is 4.31 Å². The van der Waals surface area contributed by atoms with Gasteiger partial charge in [-0.15, -0.1) is 0 Å². The molecular formula is C14H20N2O4S. The van der Waals surface area contributed by atoms with E-state index in [0.29, 0.717) is 19.0 Å². The number of anilines is 1. The van der Waals surface area contributed by atoms with Crippen molar-refractivity contribution in [2.24, 2.45) is 5.92 Å². The van der Waals surface area contributed by atoms with Crippen LogP contribution in [-0.2, 0) is 10.0 Å². The van der Waals surface area contributed by atoms with Crippen LogP contribution in [0.3, 0.4) is 0 Å². The number of nitrogen functional groups attached to an aromatic ring is 1. The summed E-state index contributed by atoms with van der Waals surface area (Å²) in [6, 6.07) is 3.88. The summed E-state index contributed by atoms with van der Waals surface area (Å²) in [4.78, 5) is 11.1. The first-order valence-electron chi connectivity index (χ1n) is 6.99. The van der Waals surface area contributed by atoms with E-state index in [0.717, 1.165) is 19.3 Å². The van der Waals surface area contributed by atoms with Crippen LogP contribution in [0.15, 0.2) is 23.1 Å². The molecule has 6 nitrogen and oxygen atoms in total. The summed E-state index contributed by atoms with van der Waals surface area (Å²) < 4.78 is 26.8. The van der Waals surface area contributed by atoms with E-state index in [4.69, 9.17) is 5.73 Å². The van der Waals surface area contributed by atoms with E-state index in [9.17, 15) is 18.3 Å². The van der Waals surface area contributed by atoms with Crippen LogP contribution in [0.1, 0.15) is 36.5 Å². The average molecular weight is 312 g/mol. The van der Waals surface area contributed by atoms with Gasteiger partial charge in [0, 0.05) is 18.8 Å². The summed E-state index contributed by atoms with van der Waals surface area (Å²) >= 11 is 0. The minimum atomic E-state index is -3.82. The number of carboxylic acids is 1. The van der Waals surface area contributed by atoms with Gasteiger partial charge in [0.05, 0.1) is 10.5 Å². The Labute approximate surface area is 124 Å². The minimum Gasteiger partial charge on any atom is -0.478 e. The Balaban J connectivity index is 2.39. The van der Waals surface area contributed by atoms with Crippen LogP contribution in [0.25, 0.3) is 0 Å². The van der Waals surface area contributed by atoms with E-state index < -0.39 is 16.0 Å². The molecule has 2 rings (SSSR count). The van der Waals surface area contributed by atoms with Gasteiger partial charge in [0.15, 0.2) is 0 Å². The van der Waals surface area contributed by atoms with Gasteiger partial charge in [-0.25, -0.2) is 13.2 Å². The van der Waals surface area contributed by atoms with E-state index in [1.54, 1.807) is 6.92 Å². The van der Waals surface area contributed by atoms with Gasteiger partial charge >= 0.3 is 5.97 Å². The average Bonchev–Trinajstić information content (AvgIpc) is 2.36. The maximum atomic E-state index is 12.7. The molecule has 0 saturated heterocycles. The van der Waals surface area contributed by atoms with Gasteiger partial charge in [-0.05, 0) is 37.0 Å². The van der Waals surface area contributed by atoms with Crippen molar-refractivity contribution in [1.82, 2.24) is 4.31 Å². The van der Waals surface area contributed by atoms with Crippen LogP contribution < -0.4 is 5.73 Å². The number of aromatic carboxylic acids is 1. The van der Waals surface area contributed by atoms with Crippen molar-refractivity contribution in [3.05, 3.63) is 23.8 Å². The number of benzene rings is 1. The molecule has 0 spiro atoms. The molecule has 21 heavy (non-hydrogen) atoms. The van der Waals surface area contributed by atoms with E-state index in [1.165, 1.54) is 22.5 Å². The van der Waals surface area contributed by atoms with E-state index in [-0.39, 0.29) is 16.1 Å². The molecule has 1 saturated carbocycles. The van der Waals surface area contributed by atoms with E-state index in [2.05, 4.69) is 0 Å². The quantitative estimate of drug-likeness (QED) is 0.780. The highest BCUT2D eigenvalue weighted by molar-refractivity contribution is 7.89. The Hall–Kier alpha value is -1.60. The van der Waals surface area contributed by atoms with E-state index >= 15 is 0 Å². The molecule has 0 aromatic heterocycles. The molecule has 1 aromatic rings. The third kappa shape index (κ3) is 3.19. The zero-order valence-electron chi connectivity index (χ0n) is 11.9. The number of rotatable bonds is 6. The van der Waals surface area contributed by atoms with Crippen LogP contribution in [0, 0.1) is 5.92 Å². The third-order valence-corrected chi connectivity index (χ3v) is 5.89. The molecule has 1 aromatic carbocycles. The Morgan fingerprint density at radius 3 is 2.57 bits per heavy atom. The maximum absolute atomic E-state index is 12.7. The van der Waals surface area contributed by atoms with Crippen LogP contribution in [0.5, 0.6) is 0 Å². The van der Waals surface area contributed by atoms with Gasteiger partial charge in [-0.1, -0.05) is 13.3 Å². The number of nitrogens with two attached hydrogens (primary N) is 1. The summed E-state index contributed by atoms with van der Waals surface area (Å²) in [7, 11) is -3.82. The Morgan fingerprint density at radius 1 is 1.43 bits per heavy atom. The van der Waals surface area contributed by atoms with Crippen molar-refractivity contribution < 1.29 is 18.3 Å². The lowest BCUT2D eigenvalue weighted by Gasteiger charge is -2.31.